The van der Waals surface area contributed by atoms with Crippen LogP contribution >= 0.6 is 0 Å². The van der Waals surface area contributed by atoms with Crippen molar-refractivity contribution in [3.05, 3.63) is 71.0 Å². The van der Waals surface area contributed by atoms with Crippen molar-refractivity contribution in [2.24, 2.45) is 0 Å². The largest absolute Gasteiger partial charge is 0.489 e. The van der Waals surface area contributed by atoms with E-state index in [2.05, 4.69) is 0 Å². The Morgan fingerprint density at radius 3 is 2.23 bits per heavy atom. The molecule has 1 saturated heterocycles. The van der Waals surface area contributed by atoms with Crippen molar-refractivity contribution in [3.8, 4) is 5.75 Å². The fourth-order valence-electron chi connectivity index (χ4n) is 2.38. The van der Waals surface area contributed by atoms with E-state index in [9.17, 15) is 14.0 Å². The maximum atomic E-state index is 13.6. The molecule has 1 aliphatic rings. The molecule has 0 N–H and O–H groups in total. The van der Waals surface area contributed by atoms with Gasteiger partial charge in [0, 0.05) is 19.4 Å². The minimum absolute atomic E-state index is 0.0981. The lowest BCUT2D eigenvalue weighted by Crippen LogP contribution is -2.41. The van der Waals surface area contributed by atoms with E-state index in [0.717, 1.165) is 0 Å². The third-order valence-corrected chi connectivity index (χ3v) is 3.66. The van der Waals surface area contributed by atoms with Crippen molar-refractivity contribution in [2.75, 3.05) is 0 Å². The van der Waals surface area contributed by atoms with Crippen LogP contribution in [0, 0.1) is 5.82 Å². The second-order valence-corrected chi connectivity index (χ2v) is 6.19. The minimum atomic E-state index is -1.27. The first kappa shape index (κ1) is 17.7. The lowest BCUT2D eigenvalue weighted by molar-refractivity contribution is -0.222. The normalized spacial score (nSPS) is 15.9. The van der Waals surface area contributed by atoms with Gasteiger partial charge in [-0.3, -0.25) is 0 Å². The highest BCUT2D eigenvalue weighted by molar-refractivity contribution is 6.18. The number of esters is 2. The summed E-state index contributed by atoms with van der Waals surface area (Å²) in [6.07, 6.45) is 1.39. The van der Waals surface area contributed by atoms with Gasteiger partial charge in [0.2, 0.25) is 0 Å². The van der Waals surface area contributed by atoms with E-state index in [0.29, 0.717) is 16.9 Å². The Morgan fingerprint density at radius 2 is 1.62 bits per heavy atom. The lowest BCUT2D eigenvalue weighted by Gasteiger charge is -2.29. The quantitative estimate of drug-likeness (QED) is 0.476. The molecule has 3 rings (SSSR count). The van der Waals surface area contributed by atoms with Gasteiger partial charge in [0.05, 0.1) is 0 Å². The number of carbonyl (C=O) groups excluding carboxylic acids is 2. The first-order valence-electron chi connectivity index (χ1n) is 7.99. The van der Waals surface area contributed by atoms with Crippen molar-refractivity contribution in [1.29, 1.82) is 0 Å². The summed E-state index contributed by atoms with van der Waals surface area (Å²) in [6, 6.07) is 13.0. The highest BCUT2D eigenvalue weighted by Crippen LogP contribution is 2.25. The number of halogens is 1. The van der Waals surface area contributed by atoms with Crippen molar-refractivity contribution in [3.63, 3.8) is 0 Å². The molecule has 1 heterocycles. The Hall–Kier alpha value is -3.15. The van der Waals surface area contributed by atoms with E-state index in [4.69, 9.17) is 14.2 Å². The van der Waals surface area contributed by atoms with Gasteiger partial charge in [-0.2, -0.15) is 0 Å². The third kappa shape index (κ3) is 4.08. The van der Waals surface area contributed by atoms with E-state index in [1.807, 2.05) is 0 Å². The molecule has 2 aromatic rings. The number of hydrogen-bond acceptors (Lipinski definition) is 5. The van der Waals surface area contributed by atoms with Gasteiger partial charge in [0.1, 0.15) is 23.7 Å². The second kappa shape index (κ2) is 7.00. The summed E-state index contributed by atoms with van der Waals surface area (Å²) in [7, 11) is 0. The zero-order chi connectivity index (χ0) is 18.7. The molecule has 0 unspecified atom stereocenters. The van der Waals surface area contributed by atoms with Crippen LogP contribution in [0.3, 0.4) is 0 Å². The Balaban J connectivity index is 1.69. The molecule has 0 saturated carbocycles. The Bertz CT molecular complexity index is 846. The van der Waals surface area contributed by atoms with Crippen LogP contribution in [-0.2, 0) is 25.7 Å². The van der Waals surface area contributed by atoms with Gasteiger partial charge in [0.25, 0.3) is 5.79 Å². The lowest BCUT2D eigenvalue weighted by atomic mass is 10.1. The molecule has 26 heavy (non-hydrogen) atoms. The highest BCUT2D eigenvalue weighted by Gasteiger charge is 2.38. The van der Waals surface area contributed by atoms with Gasteiger partial charge in [-0.05, 0) is 29.8 Å². The van der Waals surface area contributed by atoms with Crippen molar-refractivity contribution < 1.29 is 28.2 Å². The Labute approximate surface area is 150 Å². The number of hydrogen-bond donors (Lipinski definition) is 0. The SMILES string of the molecule is CC1(C)OC(=O)C(=Cc2ccc(OCc3ccccc3F)cc2)C(=O)O1. The maximum absolute atomic E-state index is 13.6. The molecule has 1 aliphatic heterocycles. The van der Waals surface area contributed by atoms with Crippen molar-refractivity contribution >= 4 is 18.0 Å². The van der Waals surface area contributed by atoms with E-state index >= 15 is 0 Å². The highest BCUT2D eigenvalue weighted by atomic mass is 19.1. The van der Waals surface area contributed by atoms with Gasteiger partial charge < -0.3 is 14.2 Å². The average Bonchev–Trinajstić information content (AvgIpc) is 2.58. The van der Waals surface area contributed by atoms with Crippen LogP contribution in [0.4, 0.5) is 4.39 Å². The minimum Gasteiger partial charge on any atom is -0.489 e. The average molecular weight is 356 g/mol. The number of cyclic esters (lactones) is 2. The fraction of sp³-hybridized carbons (Fsp3) is 0.200. The van der Waals surface area contributed by atoms with Crippen molar-refractivity contribution in [2.45, 2.75) is 26.2 Å². The van der Waals surface area contributed by atoms with Crippen LogP contribution < -0.4 is 4.74 Å². The van der Waals surface area contributed by atoms with Gasteiger partial charge in [-0.25, -0.2) is 14.0 Å². The molecular formula is C20H17FO5. The smallest absolute Gasteiger partial charge is 0.348 e. The number of carbonyl (C=O) groups is 2. The Kier molecular flexibility index (Phi) is 4.75. The summed E-state index contributed by atoms with van der Waals surface area (Å²) in [5, 5.41) is 0. The first-order chi connectivity index (χ1) is 12.3. The third-order valence-electron chi connectivity index (χ3n) is 3.66. The summed E-state index contributed by atoms with van der Waals surface area (Å²) < 4.78 is 29.2. The second-order valence-electron chi connectivity index (χ2n) is 6.19. The summed E-state index contributed by atoms with van der Waals surface area (Å²) in [5.74, 6) is -2.52. The monoisotopic (exact) mass is 356 g/mol. The molecule has 134 valence electrons. The number of rotatable bonds is 4. The van der Waals surface area contributed by atoms with Crippen molar-refractivity contribution in [1.82, 2.24) is 0 Å². The van der Waals surface area contributed by atoms with Gasteiger partial charge >= 0.3 is 11.9 Å². The van der Waals surface area contributed by atoms with E-state index in [1.54, 1.807) is 42.5 Å². The van der Waals surface area contributed by atoms with Crippen LogP contribution in [0.5, 0.6) is 5.75 Å². The summed E-state index contributed by atoms with van der Waals surface area (Å²) >= 11 is 0. The van der Waals surface area contributed by atoms with Crippen LogP contribution in [0.1, 0.15) is 25.0 Å². The zero-order valence-corrected chi connectivity index (χ0v) is 14.3. The predicted molar refractivity (Wildman–Crippen MR) is 91.4 cm³/mol. The van der Waals surface area contributed by atoms with E-state index < -0.39 is 17.7 Å². The molecule has 2 aromatic carbocycles. The van der Waals surface area contributed by atoms with E-state index in [1.165, 1.54) is 26.0 Å². The molecule has 0 atom stereocenters. The fourth-order valence-corrected chi connectivity index (χ4v) is 2.38. The van der Waals surface area contributed by atoms with Crippen LogP contribution in [0.25, 0.3) is 6.08 Å². The molecule has 0 radical (unpaired) electrons. The molecule has 5 nitrogen and oxygen atoms in total. The first-order valence-corrected chi connectivity index (χ1v) is 7.99. The van der Waals surface area contributed by atoms with Gasteiger partial charge in [-0.15, -0.1) is 0 Å². The number of ether oxygens (including phenoxy) is 3. The molecular weight excluding hydrogens is 339 g/mol. The standard InChI is InChI=1S/C20H17FO5/c1-20(2)25-18(22)16(19(23)26-20)11-13-7-9-15(10-8-13)24-12-14-5-3-4-6-17(14)21/h3-11H,12H2,1-2H3. The molecule has 6 heteroatoms. The molecule has 0 aromatic heterocycles. The summed E-state index contributed by atoms with van der Waals surface area (Å²) in [4.78, 5) is 23.9. The van der Waals surface area contributed by atoms with Crippen LogP contribution in [-0.4, -0.2) is 17.7 Å². The zero-order valence-electron chi connectivity index (χ0n) is 14.3. The Morgan fingerprint density at radius 1 is 1.00 bits per heavy atom. The number of benzene rings is 2. The summed E-state index contributed by atoms with van der Waals surface area (Å²) in [5.41, 5.74) is 0.880. The topological polar surface area (TPSA) is 61.8 Å². The molecule has 0 spiro atoms. The van der Waals surface area contributed by atoms with Gasteiger partial charge in [-0.1, -0.05) is 30.3 Å². The molecule has 0 amide bonds. The summed E-state index contributed by atoms with van der Waals surface area (Å²) in [6.45, 7) is 3.07. The van der Waals surface area contributed by atoms with E-state index in [-0.39, 0.29) is 18.0 Å². The van der Waals surface area contributed by atoms with Crippen LogP contribution in [0.15, 0.2) is 54.1 Å². The van der Waals surface area contributed by atoms with Crippen LogP contribution in [0.2, 0.25) is 0 Å². The molecule has 1 fully saturated rings. The molecule has 0 aliphatic carbocycles. The van der Waals surface area contributed by atoms with Gasteiger partial charge in [0.15, 0.2) is 0 Å². The predicted octanol–water partition coefficient (Wildman–Crippen LogP) is 3.62. The maximum Gasteiger partial charge on any atom is 0.348 e. The molecule has 0 bridgehead atoms.